The molecule has 0 saturated heterocycles. The van der Waals surface area contributed by atoms with Gasteiger partial charge in [-0.05, 0) is 60.1 Å². The molecule has 0 spiro atoms. The second-order valence-electron chi connectivity index (χ2n) is 11.1. The highest BCUT2D eigenvalue weighted by Crippen LogP contribution is 2.21. The quantitative estimate of drug-likeness (QED) is 0.0616. The predicted octanol–water partition coefficient (Wildman–Crippen LogP) is 3.60. The molecular weight excluding hydrogens is 550 g/mol. The van der Waals surface area contributed by atoms with Crippen LogP contribution >= 0.6 is 0 Å². The van der Waals surface area contributed by atoms with Crippen molar-refractivity contribution in [1.82, 2.24) is 15.2 Å². The van der Waals surface area contributed by atoms with Gasteiger partial charge in [0.2, 0.25) is 11.8 Å². The van der Waals surface area contributed by atoms with Gasteiger partial charge in [-0.15, -0.1) is 6.42 Å². The smallest absolute Gasteiger partial charge is 0.237 e. The molecule has 8 N–H and O–H groups in total. The minimum absolute atomic E-state index is 0.00968. The summed E-state index contributed by atoms with van der Waals surface area (Å²) < 4.78 is 0. The van der Waals surface area contributed by atoms with E-state index in [0.29, 0.717) is 38.6 Å². The summed E-state index contributed by atoms with van der Waals surface area (Å²) >= 11 is 0. The fourth-order valence-electron chi connectivity index (χ4n) is 5.57. The molecule has 0 aliphatic heterocycles. The SMILES string of the molecule is C#C[C@H](CC)N(C[C@H](CCCN=C(N)N)NC(=O)[C@H](N)Cc1ccc2ccccc2c1)C(=O)CCc1c[nH]c2ccccc12. The van der Waals surface area contributed by atoms with Gasteiger partial charge in [-0.3, -0.25) is 14.6 Å². The molecule has 1 aromatic heterocycles. The normalized spacial score (nSPS) is 13.1. The number of nitrogens with zero attached hydrogens (tertiary/aromatic N) is 2. The summed E-state index contributed by atoms with van der Waals surface area (Å²) in [5.74, 6) is 2.43. The third kappa shape index (κ3) is 8.62. The van der Waals surface area contributed by atoms with Crippen LogP contribution in [-0.2, 0) is 22.4 Å². The average molecular weight is 594 g/mol. The number of aliphatic imine (C=N–C) groups is 1. The van der Waals surface area contributed by atoms with Crippen molar-refractivity contribution in [1.29, 1.82) is 0 Å². The first-order chi connectivity index (χ1) is 21.3. The minimum Gasteiger partial charge on any atom is -0.370 e. The molecule has 44 heavy (non-hydrogen) atoms. The number of fused-ring (bicyclic) bond motifs is 2. The maximum absolute atomic E-state index is 13.7. The molecule has 0 fully saturated rings. The fraction of sp³-hybridized carbons (Fsp3) is 0.343. The number of carbonyl (C=O) groups excluding carboxylic acids is 2. The van der Waals surface area contributed by atoms with Gasteiger partial charge >= 0.3 is 0 Å². The number of para-hydroxylation sites is 1. The highest BCUT2D eigenvalue weighted by molar-refractivity contribution is 5.86. The van der Waals surface area contributed by atoms with Gasteiger partial charge in [-0.2, -0.15) is 0 Å². The van der Waals surface area contributed by atoms with Gasteiger partial charge in [0.15, 0.2) is 5.96 Å². The highest BCUT2D eigenvalue weighted by Gasteiger charge is 2.27. The van der Waals surface area contributed by atoms with Gasteiger partial charge in [-0.1, -0.05) is 73.5 Å². The lowest BCUT2D eigenvalue weighted by atomic mass is 10.0. The van der Waals surface area contributed by atoms with Crippen molar-refractivity contribution in [3.63, 3.8) is 0 Å². The number of aromatic amines is 1. The zero-order valence-corrected chi connectivity index (χ0v) is 25.3. The van der Waals surface area contributed by atoms with Crippen LogP contribution < -0.4 is 22.5 Å². The highest BCUT2D eigenvalue weighted by atomic mass is 16.2. The molecule has 3 atom stereocenters. The van der Waals surface area contributed by atoms with Crippen molar-refractivity contribution in [2.24, 2.45) is 22.2 Å². The van der Waals surface area contributed by atoms with E-state index in [-0.39, 0.29) is 30.7 Å². The van der Waals surface area contributed by atoms with Crippen LogP contribution in [0.3, 0.4) is 0 Å². The van der Waals surface area contributed by atoms with Gasteiger partial charge in [-0.25, -0.2) is 0 Å². The van der Waals surface area contributed by atoms with Gasteiger partial charge in [0.1, 0.15) is 0 Å². The van der Waals surface area contributed by atoms with Crippen molar-refractivity contribution in [2.45, 2.75) is 63.6 Å². The number of aromatic nitrogens is 1. The Morgan fingerprint density at radius 1 is 1.07 bits per heavy atom. The van der Waals surface area contributed by atoms with E-state index >= 15 is 0 Å². The summed E-state index contributed by atoms with van der Waals surface area (Å²) in [5, 5.41) is 6.42. The van der Waals surface area contributed by atoms with Crippen LogP contribution in [0.2, 0.25) is 0 Å². The first-order valence-corrected chi connectivity index (χ1v) is 15.2. The van der Waals surface area contributed by atoms with Gasteiger partial charge in [0, 0.05) is 42.7 Å². The Labute approximate surface area is 259 Å². The number of amides is 2. The predicted molar refractivity (Wildman–Crippen MR) is 179 cm³/mol. The molecule has 4 rings (SSSR count). The zero-order chi connectivity index (χ0) is 31.5. The number of benzene rings is 3. The third-order valence-electron chi connectivity index (χ3n) is 7.93. The maximum atomic E-state index is 13.7. The molecule has 9 nitrogen and oxygen atoms in total. The van der Waals surface area contributed by atoms with Crippen LogP contribution in [0.15, 0.2) is 77.9 Å². The Morgan fingerprint density at radius 2 is 1.82 bits per heavy atom. The van der Waals surface area contributed by atoms with Gasteiger partial charge < -0.3 is 32.4 Å². The number of H-pyrrole nitrogens is 1. The van der Waals surface area contributed by atoms with Crippen LogP contribution in [0.25, 0.3) is 21.7 Å². The monoisotopic (exact) mass is 593 g/mol. The Bertz CT molecular complexity index is 1630. The van der Waals surface area contributed by atoms with E-state index in [2.05, 4.69) is 27.3 Å². The zero-order valence-electron chi connectivity index (χ0n) is 25.3. The summed E-state index contributed by atoms with van der Waals surface area (Å²) in [6.45, 7) is 2.61. The van der Waals surface area contributed by atoms with E-state index in [1.54, 1.807) is 4.90 Å². The number of hydrogen-bond donors (Lipinski definition) is 5. The van der Waals surface area contributed by atoms with E-state index < -0.39 is 18.1 Å². The molecule has 3 aromatic carbocycles. The second-order valence-corrected chi connectivity index (χ2v) is 11.1. The third-order valence-corrected chi connectivity index (χ3v) is 7.93. The summed E-state index contributed by atoms with van der Waals surface area (Å²) in [7, 11) is 0. The topological polar surface area (TPSA) is 156 Å². The average Bonchev–Trinajstić information content (AvgIpc) is 3.44. The Morgan fingerprint density at radius 3 is 2.57 bits per heavy atom. The summed E-state index contributed by atoms with van der Waals surface area (Å²) in [4.78, 5) is 36.1. The van der Waals surface area contributed by atoms with Crippen molar-refractivity contribution in [2.75, 3.05) is 13.1 Å². The number of rotatable bonds is 15. The van der Waals surface area contributed by atoms with E-state index in [1.165, 1.54) is 0 Å². The number of guanidine groups is 1. The number of carbonyl (C=O) groups is 2. The van der Waals surface area contributed by atoms with Gasteiger partial charge in [0.25, 0.3) is 0 Å². The largest absolute Gasteiger partial charge is 0.370 e. The fourth-order valence-corrected chi connectivity index (χ4v) is 5.57. The number of aryl methyl sites for hydroxylation is 1. The number of nitrogens with two attached hydrogens (primary N) is 3. The molecule has 0 unspecified atom stereocenters. The Balaban J connectivity index is 1.46. The number of hydrogen-bond acceptors (Lipinski definition) is 4. The maximum Gasteiger partial charge on any atom is 0.237 e. The first kappa shape index (κ1) is 32.1. The standard InChI is InChI=1S/C35H43N7O2/c1-3-29(4-2)42(33(43)18-17-27-22-40-32-14-8-7-13-30(27)32)23-28(12-9-19-39-35(37)38)41-34(44)31(36)21-24-15-16-25-10-5-6-11-26(25)20-24/h1,5-8,10-11,13-16,20,22,28-29,31,40H,4,9,12,17-19,21,23,36H2,2H3,(H,41,44)(H4,37,38,39)/t28-,29+,31+/m0/s1. The molecule has 0 bridgehead atoms. The summed E-state index contributed by atoms with van der Waals surface area (Å²) in [6, 6.07) is 20.6. The second kappa shape index (κ2) is 15.6. The molecule has 0 aliphatic rings. The lowest BCUT2D eigenvalue weighted by Crippen LogP contribution is -2.53. The van der Waals surface area contributed by atoms with Crippen LogP contribution in [0, 0.1) is 12.3 Å². The van der Waals surface area contributed by atoms with Gasteiger partial charge in [0.05, 0.1) is 12.1 Å². The first-order valence-electron chi connectivity index (χ1n) is 15.2. The molecule has 1 heterocycles. The molecule has 0 radical (unpaired) electrons. The van der Waals surface area contributed by atoms with E-state index in [4.69, 9.17) is 23.6 Å². The lowest BCUT2D eigenvalue weighted by molar-refractivity contribution is -0.133. The van der Waals surface area contributed by atoms with Crippen LogP contribution in [-0.4, -0.2) is 58.9 Å². The van der Waals surface area contributed by atoms with E-state index in [0.717, 1.165) is 32.8 Å². The van der Waals surface area contributed by atoms with Crippen molar-refractivity contribution < 1.29 is 9.59 Å². The molecule has 2 amide bonds. The van der Waals surface area contributed by atoms with E-state index in [1.807, 2.05) is 73.8 Å². The Hall–Kier alpha value is -4.81. The lowest BCUT2D eigenvalue weighted by Gasteiger charge is -2.32. The molecule has 0 aliphatic carbocycles. The molecule has 0 saturated carbocycles. The Kier molecular flexibility index (Phi) is 11.4. The number of terminal acetylenes is 1. The summed E-state index contributed by atoms with van der Waals surface area (Å²) in [6.07, 6.45) is 10.8. The summed E-state index contributed by atoms with van der Waals surface area (Å²) in [5.41, 5.74) is 20.5. The van der Waals surface area contributed by atoms with E-state index in [9.17, 15) is 9.59 Å². The minimum atomic E-state index is -0.767. The molecule has 230 valence electrons. The molecule has 4 aromatic rings. The molecular formula is C35H43N7O2. The van der Waals surface area contributed by atoms with Crippen molar-refractivity contribution in [3.8, 4) is 12.3 Å². The van der Waals surface area contributed by atoms with Crippen molar-refractivity contribution >= 4 is 39.4 Å². The van der Waals surface area contributed by atoms with Crippen LogP contribution in [0.1, 0.15) is 43.7 Å². The van der Waals surface area contributed by atoms with Crippen LogP contribution in [0.4, 0.5) is 0 Å². The van der Waals surface area contributed by atoms with Crippen molar-refractivity contribution in [3.05, 3.63) is 84.1 Å². The number of nitrogens with one attached hydrogen (secondary N) is 2. The molecule has 9 heteroatoms. The van der Waals surface area contributed by atoms with Crippen LogP contribution in [0.5, 0.6) is 0 Å².